The molecule has 224 valence electrons. The minimum atomic E-state index is -4.58. The van der Waals surface area contributed by atoms with Gasteiger partial charge in [0.15, 0.2) is 0 Å². The molecule has 1 aromatic carbocycles. The Labute approximate surface area is 242 Å². The molecule has 2 saturated heterocycles. The van der Waals surface area contributed by atoms with Crippen LogP contribution in [0.15, 0.2) is 24.3 Å². The summed E-state index contributed by atoms with van der Waals surface area (Å²) in [5.74, 6) is -3.15. The molecule has 14 heteroatoms. The summed E-state index contributed by atoms with van der Waals surface area (Å²) in [4.78, 5) is 45.0. The summed E-state index contributed by atoms with van der Waals surface area (Å²) < 4.78 is 37.9. The average Bonchev–Trinajstić information content (AvgIpc) is 3.17. The van der Waals surface area contributed by atoms with E-state index < -0.39 is 40.6 Å². The third-order valence-corrected chi connectivity index (χ3v) is 9.84. The van der Waals surface area contributed by atoms with Crippen LogP contribution in [0.1, 0.15) is 13.3 Å². The topological polar surface area (TPSA) is 112 Å². The van der Waals surface area contributed by atoms with E-state index in [9.17, 15) is 32.8 Å². The lowest BCUT2D eigenvalue weighted by Gasteiger charge is -2.26. The van der Waals surface area contributed by atoms with E-state index in [2.05, 4.69) is 22.2 Å². The van der Waals surface area contributed by atoms with E-state index in [0.717, 1.165) is 31.3 Å². The fraction of sp³-hybridized carbons (Fsp3) is 0.630. The minimum absolute atomic E-state index is 0.0487. The molecular weight excluding hydrogens is 559 g/mol. The van der Waals surface area contributed by atoms with Crippen molar-refractivity contribution in [1.29, 1.82) is 5.26 Å². The number of likely N-dealkylation sites (N-methyl/N-ethyl adjacent to an activating group) is 3. The summed E-state index contributed by atoms with van der Waals surface area (Å²) in [6, 6.07) is 9.59. The van der Waals surface area contributed by atoms with Gasteiger partial charge in [-0.1, -0.05) is 6.07 Å². The fourth-order valence-electron chi connectivity index (χ4n) is 5.76. The van der Waals surface area contributed by atoms with Crippen LogP contribution >= 0.6 is 11.8 Å². The van der Waals surface area contributed by atoms with Gasteiger partial charge in [0.25, 0.3) is 0 Å². The summed E-state index contributed by atoms with van der Waals surface area (Å²) in [5.41, 5.74) is 1.36. The van der Waals surface area contributed by atoms with Crippen molar-refractivity contribution in [2.75, 3.05) is 70.6 Å². The van der Waals surface area contributed by atoms with Crippen LogP contribution in [0.25, 0.3) is 0 Å². The number of hydrogen-bond acceptors (Lipinski definition) is 8. The molecule has 1 saturated carbocycles. The van der Waals surface area contributed by atoms with E-state index >= 15 is 0 Å². The van der Waals surface area contributed by atoms with Crippen LogP contribution < -0.4 is 15.5 Å². The van der Waals surface area contributed by atoms with Crippen molar-refractivity contribution in [3.05, 3.63) is 24.3 Å². The van der Waals surface area contributed by atoms with Gasteiger partial charge in [-0.15, -0.1) is 11.8 Å². The van der Waals surface area contributed by atoms with Crippen molar-refractivity contribution >= 4 is 40.9 Å². The number of likely N-dealkylation sites (tertiary alicyclic amines) is 1. The number of rotatable bonds is 10. The number of carbonyl (C=O) groups excluding carboxylic acids is 3. The van der Waals surface area contributed by atoms with E-state index in [4.69, 9.17) is 0 Å². The van der Waals surface area contributed by atoms with Gasteiger partial charge in [-0.25, -0.2) is 0 Å². The predicted octanol–water partition coefficient (Wildman–Crippen LogP) is 1.81. The van der Waals surface area contributed by atoms with Crippen molar-refractivity contribution in [3.8, 4) is 6.07 Å². The van der Waals surface area contributed by atoms with Crippen molar-refractivity contribution in [2.45, 2.75) is 35.7 Å². The Bertz CT molecular complexity index is 1210. The van der Waals surface area contributed by atoms with E-state index in [1.54, 1.807) is 31.0 Å². The Hall–Kier alpha value is -3.02. The summed E-state index contributed by atoms with van der Waals surface area (Å²) in [6.07, 6.45) is -3.56. The van der Waals surface area contributed by atoms with Crippen molar-refractivity contribution < 1.29 is 27.6 Å². The lowest BCUT2D eigenvalue weighted by atomic mass is 10.2. The normalized spacial score (nSPS) is 27.8. The van der Waals surface area contributed by atoms with Crippen molar-refractivity contribution in [1.82, 2.24) is 20.0 Å². The molecule has 41 heavy (non-hydrogen) atoms. The first-order valence-corrected chi connectivity index (χ1v) is 14.4. The SMILES string of the molecule is CCN1C(=O)C(CNc2cccc(N(C)C(=O)CN(C)C3CCN(C)C3)c2)SC12C(C#N)[C@@H]2C(=O)NCC(F)(F)F. The molecule has 1 aromatic rings. The Morgan fingerprint density at radius 3 is 2.63 bits per heavy atom. The third kappa shape index (κ3) is 6.42. The van der Waals surface area contributed by atoms with Gasteiger partial charge >= 0.3 is 6.18 Å². The van der Waals surface area contributed by atoms with Gasteiger partial charge in [0.1, 0.15) is 16.7 Å². The van der Waals surface area contributed by atoms with Crippen LogP contribution in [0.2, 0.25) is 0 Å². The Kier molecular flexibility index (Phi) is 9.10. The molecule has 4 rings (SSSR count). The molecule has 3 aliphatic rings. The number of amides is 3. The number of nitrogens with one attached hydrogen (secondary N) is 2. The van der Waals surface area contributed by atoms with Gasteiger partial charge in [-0.3, -0.25) is 19.3 Å². The quantitative estimate of drug-likeness (QED) is 0.422. The zero-order valence-electron chi connectivity index (χ0n) is 23.6. The molecule has 3 amide bonds. The number of nitriles is 1. The first-order chi connectivity index (χ1) is 19.3. The van der Waals surface area contributed by atoms with Gasteiger partial charge < -0.3 is 25.3 Å². The van der Waals surface area contributed by atoms with E-state index in [1.165, 1.54) is 4.90 Å². The number of halogens is 3. The molecular formula is C27H36F3N7O3S. The molecule has 0 radical (unpaired) electrons. The number of alkyl halides is 3. The van der Waals surface area contributed by atoms with Crippen LogP contribution in [0.5, 0.6) is 0 Å². The maximum Gasteiger partial charge on any atom is 0.405 e. The lowest BCUT2D eigenvalue weighted by molar-refractivity contribution is -0.140. The van der Waals surface area contributed by atoms with Gasteiger partial charge in [0.05, 0.1) is 24.4 Å². The molecule has 0 bridgehead atoms. The molecule has 3 fully saturated rings. The monoisotopic (exact) mass is 595 g/mol. The Morgan fingerprint density at radius 1 is 1.29 bits per heavy atom. The number of nitrogens with zero attached hydrogens (tertiary/aromatic N) is 5. The summed E-state index contributed by atoms with van der Waals surface area (Å²) in [6.45, 7) is 2.84. The molecule has 2 N–H and O–H groups in total. The highest BCUT2D eigenvalue weighted by Crippen LogP contribution is 2.66. The summed E-state index contributed by atoms with van der Waals surface area (Å²) in [7, 11) is 5.74. The maximum atomic E-state index is 13.2. The van der Waals surface area contributed by atoms with Crippen LogP contribution in [-0.2, 0) is 14.4 Å². The second-order valence-corrected chi connectivity index (χ2v) is 12.3. The molecule has 0 aromatic heterocycles. The minimum Gasteiger partial charge on any atom is -0.383 e. The highest BCUT2D eigenvalue weighted by Gasteiger charge is 2.77. The summed E-state index contributed by atoms with van der Waals surface area (Å²) in [5, 5.41) is 14.1. The highest BCUT2D eigenvalue weighted by molar-refractivity contribution is 8.02. The average molecular weight is 596 g/mol. The number of anilines is 2. The second kappa shape index (κ2) is 12.1. The van der Waals surface area contributed by atoms with E-state index in [0.29, 0.717) is 17.4 Å². The maximum absolute atomic E-state index is 13.2. The molecule has 1 aliphatic carbocycles. The van der Waals surface area contributed by atoms with E-state index in [-0.39, 0.29) is 31.4 Å². The molecule has 4 unspecified atom stereocenters. The van der Waals surface area contributed by atoms with Crippen LogP contribution in [0.4, 0.5) is 24.5 Å². The smallest absolute Gasteiger partial charge is 0.383 e. The van der Waals surface area contributed by atoms with Gasteiger partial charge in [-0.2, -0.15) is 18.4 Å². The molecule has 5 atom stereocenters. The van der Waals surface area contributed by atoms with Gasteiger partial charge in [0.2, 0.25) is 17.7 Å². The zero-order valence-corrected chi connectivity index (χ0v) is 24.4. The number of carbonyl (C=O) groups is 3. The first kappa shape index (κ1) is 30.9. The summed E-state index contributed by atoms with van der Waals surface area (Å²) >= 11 is 1.15. The predicted molar refractivity (Wildman–Crippen MR) is 150 cm³/mol. The lowest BCUT2D eigenvalue weighted by Crippen LogP contribution is -2.42. The van der Waals surface area contributed by atoms with Gasteiger partial charge in [-0.05, 0) is 52.2 Å². The van der Waals surface area contributed by atoms with Crippen LogP contribution in [0.3, 0.4) is 0 Å². The van der Waals surface area contributed by atoms with Crippen molar-refractivity contribution in [2.24, 2.45) is 11.8 Å². The number of hydrogen-bond donors (Lipinski definition) is 2. The molecule has 1 spiro atoms. The van der Waals surface area contributed by atoms with Crippen LogP contribution in [-0.4, -0.2) is 115 Å². The Morgan fingerprint density at radius 2 is 2.02 bits per heavy atom. The fourth-order valence-corrected chi connectivity index (χ4v) is 7.61. The van der Waals surface area contributed by atoms with Gasteiger partial charge in [0, 0.05) is 44.1 Å². The molecule has 10 nitrogen and oxygen atoms in total. The first-order valence-electron chi connectivity index (χ1n) is 13.5. The number of benzene rings is 1. The highest BCUT2D eigenvalue weighted by atomic mass is 32.2. The second-order valence-electron chi connectivity index (χ2n) is 10.9. The Balaban J connectivity index is 1.38. The molecule has 2 aliphatic heterocycles. The van der Waals surface area contributed by atoms with E-state index in [1.807, 2.05) is 30.6 Å². The zero-order chi connectivity index (χ0) is 30.1. The van der Waals surface area contributed by atoms with Crippen LogP contribution in [0, 0.1) is 23.2 Å². The molecule has 2 heterocycles. The largest absolute Gasteiger partial charge is 0.405 e. The van der Waals surface area contributed by atoms with Crippen molar-refractivity contribution in [3.63, 3.8) is 0 Å². The standard InChI is InChI=1S/C27H36F3N7O3S/c1-5-37-25(40)21(41-27(37)20(12-31)23(27)24(39)33-16-26(28,29)30)13-32-17-7-6-8-18(11-17)36(4)22(38)15-35(3)19-9-10-34(2)14-19/h6-8,11,19-21,23,32H,5,9-10,13-16H2,1-4H3,(H,33,39)/t19?,20?,21?,23-,27?/m1/s1. The third-order valence-electron chi connectivity index (χ3n) is 8.08. The number of thioether (sulfide) groups is 1.